The number of benzene rings is 1. The van der Waals surface area contributed by atoms with E-state index in [1.54, 1.807) is 0 Å². The van der Waals surface area contributed by atoms with Crippen molar-refractivity contribution in [2.24, 2.45) is 0 Å². The quantitative estimate of drug-likeness (QED) is 0.839. The second-order valence-electron chi connectivity index (χ2n) is 3.73. The van der Waals surface area contributed by atoms with Gasteiger partial charge in [0, 0.05) is 11.0 Å². The van der Waals surface area contributed by atoms with Crippen LogP contribution >= 0.6 is 15.9 Å². The van der Waals surface area contributed by atoms with Crippen molar-refractivity contribution in [2.75, 3.05) is 18.8 Å². The molecular weight excluding hydrogens is 349 g/mol. The molecule has 0 radical (unpaired) electrons. The monoisotopic (exact) mass is 360 g/mol. The number of nitrogens with two attached hydrogens (primary N) is 1. The van der Waals surface area contributed by atoms with Crippen LogP contribution in [-0.2, 0) is 10.0 Å². The van der Waals surface area contributed by atoms with Gasteiger partial charge < -0.3 is 5.73 Å². The molecule has 0 aliphatic carbocycles. The summed E-state index contributed by atoms with van der Waals surface area (Å²) in [6.07, 6.45) is -4.61. The van der Waals surface area contributed by atoms with Gasteiger partial charge >= 0.3 is 6.18 Å². The van der Waals surface area contributed by atoms with E-state index in [0.29, 0.717) is 8.78 Å². The minimum Gasteiger partial charge on any atom is -0.398 e. The Morgan fingerprint density at radius 2 is 1.95 bits per heavy atom. The molecule has 4 nitrogen and oxygen atoms in total. The van der Waals surface area contributed by atoms with E-state index in [1.807, 2.05) is 0 Å². The first-order valence-electron chi connectivity index (χ1n) is 5.20. The van der Waals surface area contributed by atoms with Crippen LogP contribution in [0.5, 0.6) is 0 Å². The van der Waals surface area contributed by atoms with Gasteiger partial charge in [-0.1, -0.05) is 22.9 Å². The normalized spacial score (nSPS) is 12.9. The Balaban J connectivity index is 3.25. The van der Waals surface area contributed by atoms with Gasteiger partial charge in [-0.15, -0.1) is 0 Å². The van der Waals surface area contributed by atoms with E-state index >= 15 is 0 Å². The maximum Gasteiger partial charge on any atom is 0.402 e. The number of alkyl halides is 3. The van der Waals surface area contributed by atoms with Crippen molar-refractivity contribution in [1.82, 2.24) is 4.31 Å². The molecule has 0 aliphatic rings. The Morgan fingerprint density at radius 1 is 1.37 bits per heavy atom. The van der Waals surface area contributed by atoms with Crippen LogP contribution in [0.3, 0.4) is 0 Å². The third-order valence-electron chi connectivity index (χ3n) is 2.30. The zero-order valence-electron chi connectivity index (χ0n) is 9.91. The first-order valence-corrected chi connectivity index (χ1v) is 7.43. The number of nitrogen functional groups attached to an aromatic ring is 1. The SMILES string of the molecule is CCN(CC(F)(F)F)S(=O)(=O)c1cc(Br)ccc1N. The minimum atomic E-state index is -4.61. The van der Waals surface area contributed by atoms with Crippen molar-refractivity contribution in [3.05, 3.63) is 22.7 Å². The van der Waals surface area contributed by atoms with E-state index in [1.165, 1.54) is 25.1 Å². The van der Waals surface area contributed by atoms with E-state index in [0.717, 1.165) is 0 Å². The van der Waals surface area contributed by atoms with E-state index in [2.05, 4.69) is 15.9 Å². The zero-order chi connectivity index (χ0) is 14.8. The van der Waals surface area contributed by atoms with Crippen LogP contribution in [0.4, 0.5) is 18.9 Å². The van der Waals surface area contributed by atoms with Crippen molar-refractivity contribution in [3.8, 4) is 0 Å². The molecule has 0 bridgehead atoms. The highest BCUT2D eigenvalue weighted by Gasteiger charge is 2.36. The number of sulfonamides is 1. The Hall–Kier alpha value is -0.800. The lowest BCUT2D eigenvalue weighted by Crippen LogP contribution is -2.39. The maximum absolute atomic E-state index is 12.4. The summed E-state index contributed by atoms with van der Waals surface area (Å²) in [7, 11) is -4.28. The van der Waals surface area contributed by atoms with Crippen LogP contribution < -0.4 is 5.73 Å². The van der Waals surface area contributed by atoms with Crippen molar-refractivity contribution < 1.29 is 21.6 Å². The van der Waals surface area contributed by atoms with Gasteiger partial charge in [-0.05, 0) is 18.2 Å². The molecule has 0 saturated heterocycles. The summed E-state index contributed by atoms with van der Waals surface area (Å²) in [6.45, 7) is -0.511. The standard InChI is InChI=1S/C10H12BrF3N2O2S/c1-2-16(6-10(12,13)14)19(17,18)9-5-7(11)3-4-8(9)15/h3-5H,2,6,15H2,1H3. The predicted octanol–water partition coefficient (Wildman–Crippen LogP) is 2.60. The largest absolute Gasteiger partial charge is 0.402 e. The summed E-state index contributed by atoms with van der Waals surface area (Å²) in [5.41, 5.74) is 5.43. The van der Waals surface area contributed by atoms with Crippen LogP contribution in [0.1, 0.15) is 6.92 Å². The third kappa shape index (κ3) is 4.08. The van der Waals surface area contributed by atoms with E-state index < -0.39 is 22.7 Å². The highest BCUT2D eigenvalue weighted by molar-refractivity contribution is 9.10. The van der Waals surface area contributed by atoms with E-state index in [4.69, 9.17) is 5.73 Å². The predicted molar refractivity (Wildman–Crippen MR) is 69.0 cm³/mol. The fraction of sp³-hybridized carbons (Fsp3) is 0.400. The third-order valence-corrected chi connectivity index (χ3v) is 4.77. The topological polar surface area (TPSA) is 63.4 Å². The highest BCUT2D eigenvalue weighted by atomic mass is 79.9. The van der Waals surface area contributed by atoms with Crippen molar-refractivity contribution in [2.45, 2.75) is 18.0 Å². The van der Waals surface area contributed by atoms with Crippen LogP contribution in [0.15, 0.2) is 27.6 Å². The lowest BCUT2D eigenvalue weighted by atomic mass is 10.3. The van der Waals surface area contributed by atoms with Gasteiger partial charge in [0.05, 0.1) is 5.69 Å². The summed E-state index contributed by atoms with van der Waals surface area (Å²) in [6, 6.07) is 4.01. The molecule has 0 unspecified atom stereocenters. The lowest BCUT2D eigenvalue weighted by Gasteiger charge is -2.22. The first kappa shape index (κ1) is 16.3. The van der Waals surface area contributed by atoms with Gasteiger partial charge in [-0.25, -0.2) is 8.42 Å². The molecule has 108 valence electrons. The molecule has 0 aliphatic heterocycles. The molecule has 0 saturated carbocycles. The van der Waals surface area contributed by atoms with E-state index in [-0.39, 0.29) is 17.1 Å². The fourth-order valence-electron chi connectivity index (χ4n) is 1.44. The molecule has 1 aromatic carbocycles. The molecule has 0 aromatic heterocycles. The molecule has 1 rings (SSSR count). The Bertz CT molecular complexity index is 560. The van der Waals surface area contributed by atoms with Gasteiger partial charge in [0.2, 0.25) is 10.0 Å². The average molecular weight is 361 g/mol. The second-order valence-corrected chi connectivity index (χ2v) is 6.55. The molecular formula is C10H12BrF3N2O2S. The summed E-state index contributed by atoms with van der Waals surface area (Å²) in [5, 5.41) is 0. The van der Waals surface area contributed by atoms with Gasteiger partial charge in [-0.3, -0.25) is 0 Å². The fourth-order valence-corrected chi connectivity index (χ4v) is 3.53. The Labute approximate surface area is 117 Å². The highest BCUT2D eigenvalue weighted by Crippen LogP contribution is 2.28. The molecule has 0 fully saturated rings. The van der Waals surface area contributed by atoms with Gasteiger partial charge in [0.15, 0.2) is 0 Å². The van der Waals surface area contributed by atoms with Crippen molar-refractivity contribution in [3.63, 3.8) is 0 Å². The molecule has 0 amide bonds. The molecule has 2 N–H and O–H groups in total. The van der Waals surface area contributed by atoms with Crippen molar-refractivity contribution in [1.29, 1.82) is 0 Å². The number of hydrogen-bond donors (Lipinski definition) is 1. The summed E-state index contributed by atoms with van der Waals surface area (Å²) < 4.78 is 62.2. The van der Waals surface area contributed by atoms with Crippen LogP contribution in [0.25, 0.3) is 0 Å². The summed E-state index contributed by atoms with van der Waals surface area (Å²) >= 11 is 3.06. The summed E-state index contributed by atoms with van der Waals surface area (Å²) in [5.74, 6) is 0. The van der Waals surface area contributed by atoms with Gasteiger partial charge in [-0.2, -0.15) is 17.5 Å². The Kier molecular flexibility index (Phi) is 4.86. The number of hydrogen-bond acceptors (Lipinski definition) is 3. The zero-order valence-corrected chi connectivity index (χ0v) is 12.3. The van der Waals surface area contributed by atoms with Crippen LogP contribution in [0.2, 0.25) is 0 Å². The van der Waals surface area contributed by atoms with Crippen LogP contribution in [-0.4, -0.2) is 32.0 Å². The molecule has 0 atom stereocenters. The van der Waals surface area contributed by atoms with Crippen molar-refractivity contribution >= 4 is 31.6 Å². The number of anilines is 1. The number of nitrogens with zero attached hydrogens (tertiary/aromatic N) is 1. The Morgan fingerprint density at radius 3 is 2.42 bits per heavy atom. The van der Waals surface area contributed by atoms with E-state index in [9.17, 15) is 21.6 Å². The second kappa shape index (κ2) is 5.68. The van der Waals surface area contributed by atoms with Gasteiger partial charge in [0.25, 0.3) is 0 Å². The molecule has 1 aromatic rings. The smallest absolute Gasteiger partial charge is 0.398 e. The maximum atomic E-state index is 12.4. The minimum absolute atomic E-state index is 0.0937. The average Bonchev–Trinajstić information content (AvgIpc) is 2.27. The molecule has 19 heavy (non-hydrogen) atoms. The molecule has 0 spiro atoms. The van der Waals surface area contributed by atoms with Crippen LogP contribution in [0, 0.1) is 0 Å². The molecule has 9 heteroatoms. The first-order chi connectivity index (χ1) is 8.58. The number of rotatable bonds is 4. The number of halogens is 4. The lowest BCUT2D eigenvalue weighted by molar-refractivity contribution is -0.135. The summed E-state index contributed by atoms with van der Waals surface area (Å²) in [4.78, 5) is -0.340. The molecule has 0 heterocycles. The van der Waals surface area contributed by atoms with Gasteiger partial charge in [0.1, 0.15) is 11.4 Å².